The highest BCUT2D eigenvalue weighted by atomic mass is 35.5. The number of aryl methyl sites for hydroxylation is 1. The lowest BCUT2D eigenvalue weighted by atomic mass is 10.1. The maximum atomic E-state index is 13.2. The molecule has 1 fully saturated rings. The molecule has 164 valence electrons. The molecule has 0 radical (unpaired) electrons. The van der Waals surface area contributed by atoms with Crippen molar-refractivity contribution in [2.24, 2.45) is 5.92 Å². The summed E-state index contributed by atoms with van der Waals surface area (Å²) < 4.78 is 27.9. The number of anilines is 3. The monoisotopic (exact) mass is 462 g/mol. The van der Waals surface area contributed by atoms with Crippen LogP contribution in [0.3, 0.4) is 0 Å². The average Bonchev–Trinajstić information content (AvgIpc) is 2.85. The van der Waals surface area contributed by atoms with Crippen molar-refractivity contribution in [2.75, 3.05) is 41.7 Å². The molecule has 1 atom stereocenters. The molecule has 0 aromatic heterocycles. The number of nitrogens with zero attached hydrogens (tertiary/aromatic N) is 2. The number of carbonyl (C=O) groups is 2. The van der Waals surface area contributed by atoms with Crippen molar-refractivity contribution in [2.45, 2.75) is 18.7 Å². The van der Waals surface area contributed by atoms with Crippen molar-refractivity contribution >= 4 is 50.5 Å². The first-order valence-electron chi connectivity index (χ1n) is 9.94. The molecule has 0 unspecified atom stereocenters. The van der Waals surface area contributed by atoms with E-state index >= 15 is 0 Å². The molecule has 2 aliphatic rings. The maximum Gasteiger partial charge on any atom is 0.243 e. The molecule has 2 aliphatic heterocycles. The number of hydrogen-bond acceptors (Lipinski definition) is 5. The van der Waals surface area contributed by atoms with E-state index in [1.54, 1.807) is 0 Å². The SMILES string of the molecule is Cc1ccc(Cl)cc1N1CCN(S(=O)(=O)c2ccc3c(c2)NC(=O)[C@H](C)C(=O)N3)CC1. The molecule has 0 bridgehead atoms. The van der Waals surface area contributed by atoms with Gasteiger partial charge in [-0.15, -0.1) is 0 Å². The highest BCUT2D eigenvalue weighted by Crippen LogP contribution is 2.31. The molecule has 2 N–H and O–H groups in total. The van der Waals surface area contributed by atoms with E-state index < -0.39 is 27.8 Å². The molecule has 2 aromatic carbocycles. The molecule has 0 saturated carbocycles. The molecule has 2 heterocycles. The average molecular weight is 463 g/mol. The predicted molar refractivity (Wildman–Crippen MR) is 120 cm³/mol. The summed E-state index contributed by atoms with van der Waals surface area (Å²) in [5, 5.41) is 5.92. The van der Waals surface area contributed by atoms with E-state index in [2.05, 4.69) is 15.5 Å². The number of carbonyl (C=O) groups excluding carboxylic acids is 2. The molecule has 0 spiro atoms. The number of benzene rings is 2. The van der Waals surface area contributed by atoms with Crippen LogP contribution in [0.4, 0.5) is 17.1 Å². The van der Waals surface area contributed by atoms with Gasteiger partial charge in [-0.2, -0.15) is 4.31 Å². The summed E-state index contributed by atoms with van der Waals surface area (Å²) in [6, 6.07) is 10.0. The predicted octanol–water partition coefficient (Wildman–Crippen LogP) is 2.69. The summed E-state index contributed by atoms with van der Waals surface area (Å²) in [6.45, 7) is 5.22. The third-order valence-corrected chi connectivity index (χ3v) is 7.81. The van der Waals surface area contributed by atoms with Crippen molar-refractivity contribution in [3.63, 3.8) is 0 Å². The summed E-state index contributed by atoms with van der Waals surface area (Å²) in [6.07, 6.45) is 0. The number of nitrogens with one attached hydrogen (secondary N) is 2. The standard InChI is InChI=1S/C21H23ClN4O4S/c1-13-3-4-15(22)11-19(13)25-7-9-26(10-8-25)31(29,30)16-5-6-17-18(12-16)24-21(28)14(2)20(27)23-17/h3-6,11-12,14H,7-10H2,1-2H3,(H,23,27)(H,24,28)/t14-/m1/s1. The van der Waals surface area contributed by atoms with Crippen LogP contribution in [0.5, 0.6) is 0 Å². The molecule has 10 heteroatoms. The molecule has 4 rings (SSSR count). The molecule has 8 nitrogen and oxygen atoms in total. The van der Waals surface area contributed by atoms with Gasteiger partial charge >= 0.3 is 0 Å². The first-order valence-corrected chi connectivity index (χ1v) is 11.8. The molecule has 2 aromatic rings. The Morgan fingerprint density at radius 2 is 1.58 bits per heavy atom. The van der Waals surface area contributed by atoms with E-state index in [0.29, 0.717) is 36.9 Å². The van der Waals surface area contributed by atoms with Gasteiger partial charge in [0.2, 0.25) is 21.8 Å². The van der Waals surface area contributed by atoms with Crippen LogP contribution in [0.1, 0.15) is 12.5 Å². The number of sulfonamides is 1. The Labute approximate surface area is 186 Å². The zero-order chi connectivity index (χ0) is 22.3. The van der Waals surface area contributed by atoms with Gasteiger partial charge in [0.25, 0.3) is 0 Å². The fraction of sp³-hybridized carbons (Fsp3) is 0.333. The summed E-state index contributed by atoms with van der Waals surface area (Å²) >= 11 is 6.13. The van der Waals surface area contributed by atoms with E-state index in [0.717, 1.165) is 11.3 Å². The molecular weight excluding hydrogens is 440 g/mol. The molecule has 31 heavy (non-hydrogen) atoms. The van der Waals surface area contributed by atoms with E-state index in [4.69, 9.17) is 11.6 Å². The molecule has 0 aliphatic carbocycles. The van der Waals surface area contributed by atoms with Crippen molar-refractivity contribution in [1.82, 2.24) is 4.31 Å². The lowest BCUT2D eigenvalue weighted by Gasteiger charge is -2.36. The van der Waals surface area contributed by atoms with E-state index in [-0.39, 0.29) is 10.6 Å². The summed E-state index contributed by atoms with van der Waals surface area (Å²) in [5.41, 5.74) is 2.74. The van der Waals surface area contributed by atoms with Gasteiger partial charge in [0.1, 0.15) is 5.92 Å². The minimum Gasteiger partial charge on any atom is -0.369 e. The van der Waals surface area contributed by atoms with Crippen LogP contribution in [-0.2, 0) is 19.6 Å². The van der Waals surface area contributed by atoms with E-state index in [1.807, 2.05) is 25.1 Å². The van der Waals surface area contributed by atoms with Crippen LogP contribution in [0.15, 0.2) is 41.3 Å². The Kier molecular flexibility index (Phi) is 5.67. The second kappa shape index (κ2) is 8.14. The normalized spacial score (nSPS) is 20.0. The van der Waals surface area contributed by atoms with Crippen molar-refractivity contribution < 1.29 is 18.0 Å². The molecular formula is C21H23ClN4O4S. The van der Waals surface area contributed by atoms with Gasteiger partial charge in [-0.25, -0.2) is 8.42 Å². The van der Waals surface area contributed by atoms with Crippen LogP contribution >= 0.6 is 11.6 Å². The first-order chi connectivity index (χ1) is 14.7. The fourth-order valence-corrected chi connectivity index (χ4v) is 5.35. The summed E-state index contributed by atoms with van der Waals surface area (Å²) in [5.74, 6) is -1.77. The zero-order valence-corrected chi connectivity index (χ0v) is 18.8. The number of amides is 2. The minimum absolute atomic E-state index is 0.0720. The Morgan fingerprint density at radius 1 is 0.935 bits per heavy atom. The quantitative estimate of drug-likeness (QED) is 0.683. The lowest BCUT2D eigenvalue weighted by molar-refractivity contribution is -0.128. The van der Waals surface area contributed by atoms with Gasteiger partial charge in [-0.1, -0.05) is 17.7 Å². The lowest BCUT2D eigenvalue weighted by Crippen LogP contribution is -2.48. The minimum atomic E-state index is -3.76. The fourth-order valence-electron chi connectivity index (χ4n) is 3.74. The van der Waals surface area contributed by atoms with Gasteiger partial charge in [0, 0.05) is 36.9 Å². The first kappa shape index (κ1) is 21.6. The van der Waals surface area contributed by atoms with E-state index in [9.17, 15) is 18.0 Å². The number of halogens is 1. The van der Waals surface area contributed by atoms with E-state index in [1.165, 1.54) is 29.4 Å². The molecule has 1 saturated heterocycles. The van der Waals surface area contributed by atoms with Crippen molar-refractivity contribution in [1.29, 1.82) is 0 Å². The van der Waals surface area contributed by atoms with Crippen LogP contribution < -0.4 is 15.5 Å². The van der Waals surface area contributed by atoms with Crippen molar-refractivity contribution in [3.8, 4) is 0 Å². The van der Waals surface area contributed by atoms with Crippen LogP contribution in [0, 0.1) is 12.8 Å². The number of fused-ring (bicyclic) bond motifs is 1. The second-order valence-corrected chi connectivity index (χ2v) is 10.1. The van der Waals surface area contributed by atoms with Gasteiger partial charge in [-0.3, -0.25) is 9.59 Å². The van der Waals surface area contributed by atoms with Gasteiger partial charge in [-0.05, 0) is 49.7 Å². The van der Waals surface area contributed by atoms with Gasteiger partial charge < -0.3 is 15.5 Å². The Morgan fingerprint density at radius 3 is 2.26 bits per heavy atom. The summed E-state index contributed by atoms with van der Waals surface area (Å²) in [7, 11) is -3.76. The Hall–Kier alpha value is -2.62. The molecule has 2 amide bonds. The zero-order valence-electron chi connectivity index (χ0n) is 17.2. The van der Waals surface area contributed by atoms with Crippen molar-refractivity contribution in [3.05, 3.63) is 47.0 Å². The van der Waals surface area contributed by atoms with Gasteiger partial charge in [0.15, 0.2) is 0 Å². The largest absolute Gasteiger partial charge is 0.369 e. The number of hydrogen-bond donors (Lipinski definition) is 2. The van der Waals surface area contributed by atoms with Crippen LogP contribution in [-0.4, -0.2) is 50.7 Å². The van der Waals surface area contributed by atoms with Crippen LogP contribution in [0.25, 0.3) is 0 Å². The summed E-state index contributed by atoms with van der Waals surface area (Å²) in [4.78, 5) is 26.3. The highest BCUT2D eigenvalue weighted by Gasteiger charge is 2.31. The number of rotatable bonds is 3. The third-order valence-electron chi connectivity index (χ3n) is 5.68. The Bertz CT molecular complexity index is 1160. The Balaban J connectivity index is 1.54. The third kappa shape index (κ3) is 4.13. The van der Waals surface area contributed by atoms with Gasteiger partial charge in [0.05, 0.1) is 16.3 Å². The number of piperazine rings is 1. The smallest absolute Gasteiger partial charge is 0.243 e. The topological polar surface area (TPSA) is 98.8 Å². The highest BCUT2D eigenvalue weighted by molar-refractivity contribution is 7.89. The van der Waals surface area contributed by atoms with Crippen LogP contribution in [0.2, 0.25) is 5.02 Å². The maximum absolute atomic E-state index is 13.2. The second-order valence-electron chi connectivity index (χ2n) is 7.73.